The minimum atomic E-state index is -2.37. The van der Waals surface area contributed by atoms with Crippen molar-refractivity contribution in [2.24, 2.45) is 0 Å². The number of fused-ring (bicyclic) bond motifs is 7. The third-order valence-corrected chi connectivity index (χ3v) is 7.66. The molecule has 3 heteroatoms. The van der Waals surface area contributed by atoms with E-state index in [4.69, 9.17) is 4.42 Å². The zero-order valence-electron chi connectivity index (χ0n) is 17.4. The van der Waals surface area contributed by atoms with Crippen molar-refractivity contribution in [1.82, 2.24) is 0 Å². The molecule has 0 aliphatic carbocycles. The highest BCUT2D eigenvalue weighted by molar-refractivity contribution is 7.70. The molecule has 5 aromatic carbocycles. The van der Waals surface area contributed by atoms with Crippen LogP contribution in [0, 0.1) is 0 Å². The molecule has 0 atom stereocenters. The van der Waals surface area contributed by atoms with Gasteiger partial charge in [0.15, 0.2) is 0 Å². The topological polar surface area (TPSA) is 30.2 Å². The lowest BCUT2D eigenvalue weighted by atomic mass is 9.95. The first kappa shape index (κ1) is 18.4. The van der Waals surface area contributed by atoms with E-state index in [1.165, 1.54) is 21.5 Å². The minimum Gasteiger partial charge on any atom is -0.455 e. The second-order valence-corrected chi connectivity index (χ2v) is 11.7. The molecule has 0 saturated carbocycles. The fourth-order valence-electron chi connectivity index (χ4n) is 4.61. The molecule has 0 amide bonds. The van der Waals surface area contributed by atoms with Crippen molar-refractivity contribution < 1.29 is 8.98 Å². The largest absolute Gasteiger partial charge is 0.455 e. The molecule has 31 heavy (non-hydrogen) atoms. The molecule has 0 N–H and O–H groups in total. The minimum absolute atomic E-state index is 0.879. The first-order chi connectivity index (χ1) is 15.0. The molecule has 0 fully saturated rings. The van der Waals surface area contributed by atoms with E-state index in [1.807, 2.05) is 25.5 Å². The molecule has 6 aromatic rings. The maximum Gasteiger partial charge on any atom is 0.143 e. The quantitative estimate of drug-likeness (QED) is 0.267. The Labute approximate surface area is 180 Å². The Balaban J connectivity index is 1.82. The van der Waals surface area contributed by atoms with Crippen molar-refractivity contribution in [2.45, 2.75) is 0 Å². The number of hydrogen-bond acceptors (Lipinski definition) is 2. The van der Waals surface area contributed by atoms with Gasteiger partial charge < -0.3 is 8.98 Å². The molecule has 0 saturated heterocycles. The third-order valence-electron chi connectivity index (χ3n) is 6.13. The Morgan fingerprint density at radius 1 is 0.677 bits per heavy atom. The van der Waals surface area contributed by atoms with Gasteiger partial charge in [0.05, 0.1) is 0 Å². The SMILES string of the molecule is CP(C)(=O)c1cccc(-c2cc3ccccc3c3c2oc2ccc4ccccc4c23)c1. The highest BCUT2D eigenvalue weighted by Crippen LogP contribution is 2.44. The van der Waals surface area contributed by atoms with Gasteiger partial charge in [0.25, 0.3) is 0 Å². The summed E-state index contributed by atoms with van der Waals surface area (Å²) in [7, 11) is -2.37. The maximum atomic E-state index is 12.7. The van der Waals surface area contributed by atoms with Gasteiger partial charge in [0.2, 0.25) is 0 Å². The van der Waals surface area contributed by atoms with Gasteiger partial charge in [-0.25, -0.2) is 0 Å². The second-order valence-electron chi connectivity index (χ2n) is 8.51. The Hall–Kier alpha value is -3.35. The number of rotatable bonds is 2. The molecular weight excluding hydrogens is 399 g/mol. The van der Waals surface area contributed by atoms with Crippen LogP contribution < -0.4 is 5.30 Å². The molecule has 0 radical (unpaired) electrons. The maximum absolute atomic E-state index is 12.7. The van der Waals surface area contributed by atoms with Crippen molar-refractivity contribution in [3.8, 4) is 11.1 Å². The van der Waals surface area contributed by atoms with Crippen molar-refractivity contribution in [3.05, 3.63) is 91.0 Å². The van der Waals surface area contributed by atoms with E-state index in [0.29, 0.717) is 0 Å². The van der Waals surface area contributed by atoms with Gasteiger partial charge in [-0.3, -0.25) is 0 Å². The molecule has 150 valence electrons. The van der Waals surface area contributed by atoms with Crippen molar-refractivity contribution in [3.63, 3.8) is 0 Å². The van der Waals surface area contributed by atoms with Gasteiger partial charge in [-0.1, -0.05) is 72.8 Å². The van der Waals surface area contributed by atoms with Crippen LogP contribution in [0.3, 0.4) is 0 Å². The average Bonchev–Trinajstić information content (AvgIpc) is 3.18. The zero-order valence-corrected chi connectivity index (χ0v) is 18.3. The summed E-state index contributed by atoms with van der Waals surface area (Å²) in [5.41, 5.74) is 3.83. The Morgan fingerprint density at radius 2 is 1.39 bits per heavy atom. The molecule has 0 bridgehead atoms. The summed E-state index contributed by atoms with van der Waals surface area (Å²) in [4.78, 5) is 0. The highest BCUT2D eigenvalue weighted by atomic mass is 31.2. The monoisotopic (exact) mass is 420 g/mol. The summed E-state index contributed by atoms with van der Waals surface area (Å²) in [6.45, 7) is 3.63. The number of hydrogen-bond donors (Lipinski definition) is 0. The molecule has 0 aliphatic rings. The fourth-order valence-corrected chi connectivity index (χ4v) is 5.51. The molecule has 1 aromatic heterocycles. The van der Waals surface area contributed by atoms with Crippen LogP contribution in [0.1, 0.15) is 0 Å². The van der Waals surface area contributed by atoms with E-state index in [-0.39, 0.29) is 0 Å². The molecule has 2 nitrogen and oxygen atoms in total. The van der Waals surface area contributed by atoms with E-state index in [0.717, 1.165) is 38.4 Å². The van der Waals surface area contributed by atoms with Gasteiger partial charge >= 0.3 is 0 Å². The van der Waals surface area contributed by atoms with E-state index >= 15 is 0 Å². The Morgan fingerprint density at radius 3 is 2.16 bits per heavy atom. The van der Waals surface area contributed by atoms with Crippen LogP contribution >= 0.6 is 7.14 Å². The third kappa shape index (κ3) is 2.83. The molecule has 0 spiro atoms. The highest BCUT2D eigenvalue weighted by Gasteiger charge is 2.19. The molecule has 1 heterocycles. The van der Waals surface area contributed by atoms with E-state index in [2.05, 4.69) is 78.9 Å². The smallest absolute Gasteiger partial charge is 0.143 e. The second kappa shape index (κ2) is 6.57. The van der Waals surface area contributed by atoms with Gasteiger partial charge in [-0.15, -0.1) is 0 Å². The van der Waals surface area contributed by atoms with Gasteiger partial charge in [-0.2, -0.15) is 0 Å². The summed E-state index contributed by atoms with van der Waals surface area (Å²) in [6.07, 6.45) is 0. The van der Waals surface area contributed by atoms with Crippen LogP contribution in [0.25, 0.3) is 54.6 Å². The lowest BCUT2D eigenvalue weighted by molar-refractivity contribution is 0.588. The lowest BCUT2D eigenvalue weighted by Crippen LogP contribution is -2.02. The van der Waals surface area contributed by atoms with Crippen molar-refractivity contribution in [1.29, 1.82) is 0 Å². The van der Waals surface area contributed by atoms with Gasteiger partial charge in [-0.05, 0) is 58.6 Å². The van der Waals surface area contributed by atoms with Crippen LogP contribution in [-0.4, -0.2) is 13.3 Å². The van der Waals surface area contributed by atoms with Crippen LogP contribution in [0.15, 0.2) is 95.4 Å². The van der Waals surface area contributed by atoms with Crippen LogP contribution in [-0.2, 0) is 4.57 Å². The number of furan rings is 1. The predicted octanol–water partition coefficient (Wildman–Crippen LogP) is 7.81. The fraction of sp³-hybridized carbons (Fsp3) is 0.0714. The number of benzene rings is 5. The van der Waals surface area contributed by atoms with Gasteiger partial charge in [0, 0.05) is 21.6 Å². The average molecular weight is 420 g/mol. The summed E-state index contributed by atoms with van der Waals surface area (Å²) in [5.74, 6) is 0. The van der Waals surface area contributed by atoms with Gasteiger partial charge in [0.1, 0.15) is 18.3 Å². The molecule has 0 aliphatic heterocycles. The van der Waals surface area contributed by atoms with E-state index in [9.17, 15) is 4.57 Å². The predicted molar refractivity (Wildman–Crippen MR) is 133 cm³/mol. The normalized spacial score (nSPS) is 12.3. The lowest BCUT2D eigenvalue weighted by Gasteiger charge is -2.11. The first-order valence-electron chi connectivity index (χ1n) is 10.4. The summed E-state index contributed by atoms with van der Waals surface area (Å²) < 4.78 is 19.3. The Bertz CT molecular complexity index is 1680. The van der Waals surface area contributed by atoms with Crippen LogP contribution in [0.2, 0.25) is 0 Å². The van der Waals surface area contributed by atoms with Crippen molar-refractivity contribution in [2.75, 3.05) is 13.3 Å². The molecular formula is C28H21O2P. The first-order valence-corrected chi connectivity index (χ1v) is 13.0. The van der Waals surface area contributed by atoms with E-state index in [1.54, 1.807) is 0 Å². The summed E-state index contributed by atoms with van der Waals surface area (Å²) >= 11 is 0. The summed E-state index contributed by atoms with van der Waals surface area (Å²) in [5, 5.41) is 7.92. The molecule has 6 rings (SSSR count). The molecule has 0 unspecified atom stereocenters. The van der Waals surface area contributed by atoms with Crippen LogP contribution in [0.4, 0.5) is 0 Å². The Kier molecular flexibility index (Phi) is 3.91. The van der Waals surface area contributed by atoms with Crippen LogP contribution in [0.5, 0.6) is 0 Å². The summed E-state index contributed by atoms with van der Waals surface area (Å²) in [6, 6.07) is 31.4. The zero-order chi connectivity index (χ0) is 21.2. The van der Waals surface area contributed by atoms with E-state index < -0.39 is 7.14 Å². The standard InChI is InChI=1S/C28H21O2P/c1-31(2,29)21-11-7-10-19(16-21)24-17-20-9-4-6-13-23(20)27-26-22-12-5-3-8-18(22)14-15-25(26)30-28(24)27/h3-17H,1-2H3. The van der Waals surface area contributed by atoms with Crippen molar-refractivity contribution >= 4 is 55.9 Å².